The summed E-state index contributed by atoms with van der Waals surface area (Å²) < 4.78 is 20.3. The van der Waals surface area contributed by atoms with Crippen LogP contribution in [-0.2, 0) is 39.0 Å². The number of ether oxygens (including phenoxy) is 4. The summed E-state index contributed by atoms with van der Waals surface area (Å²) in [4.78, 5) is 37.2. The molecule has 3 atom stereocenters. The van der Waals surface area contributed by atoms with Gasteiger partial charge in [-0.1, -0.05) is 57.2 Å². The van der Waals surface area contributed by atoms with Gasteiger partial charge in [0.2, 0.25) is 5.82 Å². The van der Waals surface area contributed by atoms with E-state index in [4.69, 9.17) is 14.2 Å². The molecule has 2 heterocycles. The molecular formula is C33H48N8O7. The Kier molecular flexibility index (Phi) is 13.3. The number of carbonyl (C=O) groups excluding carboxylic acids is 3. The number of aromatic nitrogens is 4. The second-order valence-electron chi connectivity index (χ2n) is 13.3. The second kappa shape index (κ2) is 16.9. The zero-order chi connectivity index (χ0) is 35.5. The summed E-state index contributed by atoms with van der Waals surface area (Å²) in [7, 11) is 4.60. The lowest BCUT2D eigenvalue weighted by atomic mass is 9.86. The van der Waals surface area contributed by atoms with Crippen LogP contribution in [0.25, 0.3) is 11.4 Å². The van der Waals surface area contributed by atoms with E-state index in [1.54, 1.807) is 14.2 Å². The molecule has 1 aromatic heterocycles. The molecule has 0 bridgehead atoms. The van der Waals surface area contributed by atoms with Crippen molar-refractivity contribution in [3.63, 3.8) is 0 Å². The lowest BCUT2D eigenvalue weighted by Crippen LogP contribution is -2.56. The molecule has 0 saturated carbocycles. The van der Waals surface area contributed by atoms with Crippen LogP contribution in [0.4, 0.5) is 9.59 Å². The molecule has 4 N–H and O–H groups in total. The Balaban J connectivity index is 0.000000269. The number of carbonyl (C=O) groups is 3. The molecule has 4 rings (SSSR count). The van der Waals surface area contributed by atoms with Crippen molar-refractivity contribution in [3.05, 3.63) is 59.7 Å². The molecule has 0 radical (unpaired) electrons. The van der Waals surface area contributed by atoms with E-state index in [1.807, 2.05) is 90.1 Å². The molecule has 1 fully saturated rings. The normalized spacial score (nSPS) is 15.1. The lowest BCUT2D eigenvalue weighted by molar-refractivity contribution is -0.126. The molecule has 1 aliphatic heterocycles. The van der Waals surface area contributed by atoms with Crippen LogP contribution in [0, 0.1) is 5.41 Å². The molecule has 0 spiro atoms. The number of benzene rings is 2. The molecule has 48 heavy (non-hydrogen) atoms. The molecule has 15 nitrogen and oxygen atoms in total. The van der Waals surface area contributed by atoms with Gasteiger partial charge in [-0.3, -0.25) is 10.2 Å². The maximum atomic E-state index is 12.4. The summed E-state index contributed by atoms with van der Waals surface area (Å²) in [6.45, 7) is 12.2. The summed E-state index contributed by atoms with van der Waals surface area (Å²) >= 11 is 0. The van der Waals surface area contributed by atoms with Crippen molar-refractivity contribution in [1.82, 2.24) is 41.7 Å². The molecule has 3 aromatic rings. The fourth-order valence-corrected chi connectivity index (χ4v) is 4.37. The fraction of sp³-hybridized carbons (Fsp3) is 0.515. The quantitative estimate of drug-likeness (QED) is 0.174. The summed E-state index contributed by atoms with van der Waals surface area (Å²) in [6, 6.07) is 14.5. The van der Waals surface area contributed by atoms with E-state index in [0.29, 0.717) is 25.4 Å². The van der Waals surface area contributed by atoms with Crippen molar-refractivity contribution in [2.75, 3.05) is 20.8 Å². The maximum absolute atomic E-state index is 12.4. The Morgan fingerprint density at radius 1 is 0.938 bits per heavy atom. The zero-order valence-corrected chi connectivity index (χ0v) is 29.1. The van der Waals surface area contributed by atoms with Gasteiger partial charge in [-0.2, -0.15) is 4.80 Å². The molecule has 0 aliphatic carbocycles. The Bertz CT molecular complexity index is 1480. The van der Waals surface area contributed by atoms with Gasteiger partial charge in [0.1, 0.15) is 23.5 Å². The number of alkyl carbamates (subject to hydrolysis) is 2. The molecular weight excluding hydrogens is 620 g/mol. The predicted octanol–water partition coefficient (Wildman–Crippen LogP) is 3.30. The zero-order valence-electron chi connectivity index (χ0n) is 29.1. The van der Waals surface area contributed by atoms with E-state index in [0.717, 1.165) is 22.4 Å². The van der Waals surface area contributed by atoms with Gasteiger partial charge >= 0.3 is 12.2 Å². The smallest absolute Gasteiger partial charge is 0.407 e. The average Bonchev–Trinajstić information content (AvgIpc) is 3.78. The van der Waals surface area contributed by atoms with Crippen LogP contribution in [0.3, 0.4) is 0 Å². The number of tetrazole rings is 1. The van der Waals surface area contributed by atoms with Gasteiger partial charge in [0.15, 0.2) is 0 Å². The molecule has 262 valence electrons. The van der Waals surface area contributed by atoms with Crippen LogP contribution < -0.4 is 26.2 Å². The fourth-order valence-electron chi connectivity index (χ4n) is 4.37. The Hall–Kier alpha value is -4.76. The highest BCUT2D eigenvalue weighted by Crippen LogP contribution is 2.21. The van der Waals surface area contributed by atoms with Crippen molar-refractivity contribution >= 4 is 18.1 Å². The van der Waals surface area contributed by atoms with Crippen LogP contribution in [0.5, 0.6) is 5.75 Å². The highest BCUT2D eigenvalue weighted by Gasteiger charge is 2.35. The highest BCUT2D eigenvalue weighted by molar-refractivity contribution is 5.86. The van der Waals surface area contributed by atoms with E-state index in [1.165, 1.54) is 11.9 Å². The van der Waals surface area contributed by atoms with Gasteiger partial charge in [-0.05, 0) is 61.1 Å². The summed E-state index contributed by atoms with van der Waals surface area (Å²) in [5.41, 5.74) is 7.43. The summed E-state index contributed by atoms with van der Waals surface area (Å²) in [5.74, 6) is 1.01. The number of epoxide rings is 1. The number of hydrazine groups is 1. The Morgan fingerprint density at radius 3 is 2.06 bits per heavy atom. The number of nitrogens with one attached hydrogen (secondary N) is 4. The summed E-state index contributed by atoms with van der Waals surface area (Å²) in [5, 5.41) is 17.4. The number of nitrogens with zero attached hydrogens (tertiary/aromatic N) is 4. The van der Waals surface area contributed by atoms with E-state index < -0.39 is 29.2 Å². The third kappa shape index (κ3) is 12.8. The van der Waals surface area contributed by atoms with Gasteiger partial charge in [-0.15, -0.1) is 10.2 Å². The number of aryl methyl sites for hydroxylation is 1. The van der Waals surface area contributed by atoms with Gasteiger partial charge in [0.25, 0.3) is 5.91 Å². The molecule has 1 unspecified atom stereocenters. The Labute approximate surface area is 281 Å². The van der Waals surface area contributed by atoms with Crippen molar-refractivity contribution < 1.29 is 33.3 Å². The molecule has 1 aliphatic rings. The third-order valence-corrected chi connectivity index (χ3v) is 6.93. The monoisotopic (exact) mass is 668 g/mol. The average molecular weight is 669 g/mol. The van der Waals surface area contributed by atoms with Gasteiger partial charge in [0.05, 0.1) is 33.9 Å². The van der Waals surface area contributed by atoms with E-state index in [9.17, 15) is 14.4 Å². The lowest BCUT2D eigenvalue weighted by Gasteiger charge is -2.29. The van der Waals surface area contributed by atoms with Gasteiger partial charge < -0.3 is 29.6 Å². The van der Waals surface area contributed by atoms with Crippen molar-refractivity contribution in [1.29, 1.82) is 0 Å². The first-order valence-electron chi connectivity index (χ1n) is 15.5. The highest BCUT2D eigenvalue weighted by atomic mass is 16.6. The number of amides is 3. The molecule has 15 heteroatoms. The minimum Gasteiger partial charge on any atom is -0.497 e. The third-order valence-electron chi connectivity index (χ3n) is 6.93. The van der Waals surface area contributed by atoms with Crippen molar-refractivity contribution in [2.45, 2.75) is 78.3 Å². The van der Waals surface area contributed by atoms with E-state index >= 15 is 0 Å². The second-order valence-corrected chi connectivity index (χ2v) is 13.3. The Morgan fingerprint density at radius 2 is 1.56 bits per heavy atom. The molecule has 2 aromatic carbocycles. The van der Waals surface area contributed by atoms with E-state index in [-0.39, 0.29) is 18.1 Å². The van der Waals surface area contributed by atoms with Crippen LogP contribution in [-0.4, -0.2) is 82.9 Å². The van der Waals surface area contributed by atoms with Crippen molar-refractivity contribution in [3.8, 4) is 17.1 Å². The first-order chi connectivity index (χ1) is 22.6. The standard InChI is InChI=1S/C17H25N7O3.C16H23NO4/c1-17(2,3)13(19-16(26)27-5)15(25)21-18-10-11-6-8-12(9-7-11)14-20-23-24(4)22-14;1-16(2,3)21-15(18)17-13(14-10-20-14)9-11-5-7-12(19-4)8-6-11/h6-9,13,18H,10H2,1-5H3,(H,19,26)(H,21,25);5-8,13-14H,9-10H2,1-4H3,(H,17,18)/t;13-,14-/m.0/s1. The van der Waals surface area contributed by atoms with Crippen LogP contribution in [0.2, 0.25) is 0 Å². The first kappa shape index (κ1) is 37.7. The van der Waals surface area contributed by atoms with E-state index in [2.05, 4.69) is 41.6 Å². The van der Waals surface area contributed by atoms with Crippen LogP contribution >= 0.6 is 0 Å². The summed E-state index contributed by atoms with van der Waals surface area (Å²) in [6.07, 6.45) is -0.289. The minimum atomic E-state index is -0.748. The molecule has 3 amide bonds. The van der Waals surface area contributed by atoms with Gasteiger partial charge in [0, 0.05) is 12.1 Å². The van der Waals surface area contributed by atoms with Crippen LogP contribution in [0.15, 0.2) is 48.5 Å². The maximum Gasteiger partial charge on any atom is 0.407 e. The minimum absolute atomic E-state index is 0.0691. The number of methoxy groups -OCH3 is 2. The van der Waals surface area contributed by atoms with Crippen LogP contribution in [0.1, 0.15) is 52.7 Å². The van der Waals surface area contributed by atoms with Gasteiger partial charge in [-0.25, -0.2) is 15.0 Å². The largest absolute Gasteiger partial charge is 0.497 e. The van der Waals surface area contributed by atoms with Crippen molar-refractivity contribution in [2.24, 2.45) is 12.5 Å². The molecule has 1 saturated heterocycles. The predicted molar refractivity (Wildman–Crippen MR) is 178 cm³/mol. The SMILES string of the molecule is COC(=O)NC(C(=O)NNCc1ccc(-c2nnn(C)n2)cc1)C(C)(C)C.COc1ccc(C[C@H](NC(=O)OC(C)(C)C)[C@@H]2CO2)cc1. The number of hydrogen-bond donors (Lipinski definition) is 4. The topological polar surface area (TPSA) is 183 Å². The number of rotatable bonds is 11. The number of hydrogen-bond acceptors (Lipinski definition) is 11. The first-order valence-corrected chi connectivity index (χ1v) is 15.5.